The quantitative estimate of drug-likeness (QED) is 0.180. The van der Waals surface area contributed by atoms with E-state index < -0.39 is 5.41 Å². The maximum absolute atomic E-state index is 12.7. The topological polar surface area (TPSA) is 83.5 Å². The van der Waals surface area contributed by atoms with Crippen LogP contribution in [0.1, 0.15) is 112 Å². The third-order valence-corrected chi connectivity index (χ3v) is 9.23. The predicted octanol–water partition coefficient (Wildman–Crippen LogP) is 8.88. The van der Waals surface area contributed by atoms with Crippen molar-refractivity contribution in [2.45, 2.75) is 98.3 Å². The van der Waals surface area contributed by atoms with Gasteiger partial charge in [0.2, 0.25) is 5.91 Å². The number of carbonyl (C=O) groups excluding carboxylic acids is 1. The molecule has 1 atom stereocenters. The summed E-state index contributed by atoms with van der Waals surface area (Å²) in [5, 5.41) is 24.4. The average Bonchev–Trinajstić information content (AvgIpc) is 2.97. The number of nitrogens with two attached hydrogens (primary N) is 1. The second-order valence-corrected chi connectivity index (χ2v) is 12.8. The SMILES string of the molecule is CCCCCCCc1c(Cc2ccccc2)c(O)c(C2=C(C(C)(C)C(N)=O)CCC(C)C2)c(O)c1Cc1ccccc1. The Morgan fingerprint density at radius 3 is 1.86 bits per heavy atom. The van der Waals surface area contributed by atoms with E-state index in [0.717, 1.165) is 64.6 Å². The van der Waals surface area contributed by atoms with Gasteiger partial charge in [0, 0.05) is 24.0 Å². The van der Waals surface area contributed by atoms with Crippen molar-refractivity contribution in [2.75, 3.05) is 0 Å². The fraction of sp³-hybridized carbons (Fsp3) is 0.447. The number of aromatic hydroxyl groups is 2. The molecule has 0 aromatic heterocycles. The standard InChI is InChI=1S/C38H49NO3/c1-5-6-7-8-15-20-29-30(24-27-16-11-9-12-17-27)35(40)34(36(41)31(29)25-28-18-13-10-14-19-28)32-23-26(2)21-22-33(32)38(3,4)37(39)42/h9-14,16-19,26,40-41H,5-8,15,20-25H2,1-4H3,(H2,39,42). The molecule has 1 amide bonds. The monoisotopic (exact) mass is 567 g/mol. The lowest BCUT2D eigenvalue weighted by atomic mass is 9.70. The maximum atomic E-state index is 12.7. The molecule has 224 valence electrons. The Kier molecular flexibility index (Phi) is 10.5. The van der Waals surface area contributed by atoms with Gasteiger partial charge in [0.1, 0.15) is 11.5 Å². The summed E-state index contributed by atoms with van der Waals surface area (Å²) in [7, 11) is 0. The van der Waals surface area contributed by atoms with E-state index in [1.807, 2.05) is 50.2 Å². The lowest BCUT2D eigenvalue weighted by Crippen LogP contribution is -2.35. The van der Waals surface area contributed by atoms with Gasteiger partial charge in [-0.05, 0) is 74.1 Å². The highest BCUT2D eigenvalue weighted by atomic mass is 16.3. The Morgan fingerprint density at radius 2 is 1.36 bits per heavy atom. The van der Waals surface area contributed by atoms with Crippen LogP contribution in [0.15, 0.2) is 66.2 Å². The summed E-state index contributed by atoms with van der Waals surface area (Å²) in [5.74, 6) is 0.276. The van der Waals surface area contributed by atoms with Gasteiger partial charge in [-0.3, -0.25) is 4.79 Å². The summed E-state index contributed by atoms with van der Waals surface area (Å²) in [6.07, 6.45) is 9.99. The van der Waals surface area contributed by atoms with E-state index in [-0.39, 0.29) is 17.4 Å². The zero-order valence-electron chi connectivity index (χ0n) is 26.0. The molecule has 0 spiro atoms. The number of amides is 1. The fourth-order valence-electron chi connectivity index (χ4n) is 6.56. The van der Waals surface area contributed by atoms with Crippen molar-refractivity contribution in [1.82, 2.24) is 0 Å². The molecule has 4 N–H and O–H groups in total. The minimum atomic E-state index is -0.883. The molecule has 0 heterocycles. The molecule has 3 aromatic carbocycles. The maximum Gasteiger partial charge on any atom is 0.227 e. The van der Waals surface area contributed by atoms with Crippen molar-refractivity contribution in [3.05, 3.63) is 99.6 Å². The molecule has 0 fully saturated rings. The van der Waals surface area contributed by atoms with Crippen molar-refractivity contribution in [3.63, 3.8) is 0 Å². The highest BCUT2D eigenvalue weighted by Crippen LogP contribution is 2.51. The Labute approximate surface area is 252 Å². The average molecular weight is 568 g/mol. The van der Waals surface area contributed by atoms with Crippen LogP contribution < -0.4 is 5.73 Å². The third-order valence-electron chi connectivity index (χ3n) is 9.23. The fourth-order valence-corrected chi connectivity index (χ4v) is 6.56. The number of carbonyl (C=O) groups is 1. The zero-order chi connectivity index (χ0) is 30.3. The van der Waals surface area contributed by atoms with E-state index >= 15 is 0 Å². The van der Waals surface area contributed by atoms with Gasteiger partial charge in [-0.15, -0.1) is 0 Å². The molecule has 0 radical (unpaired) electrons. The van der Waals surface area contributed by atoms with Crippen LogP contribution in [-0.2, 0) is 24.1 Å². The van der Waals surface area contributed by atoms with Gasteiger partial charge in [0.15, 0.2) is 0 Å². The summed E-state index contributed by atoms with van der Waals surface area (Å²) < 4.78 is 0. The highest BCUT2D eigenvalue weighted by molar-refractivity contribution is 5.90. The second-order valence-electron chi connectivity index (χ2n) is 12.8. The first-order chi connectivity index (χ1) is 20.1. The molecular weight excluding hydrogens is 518 g/mol. The second kappa shape index (κ2) is 14.1. The molecule has 1 aliphatic carbocycles. The number of phenolic OH excluding ortho intramolecular Hbond substituents is 2. The molecule has 0 saturated heterocycles. The number of hydrogen-bond donors (Lipinski definition) is 3. The van der Waals surface area contributed by atoms with E-state index in [1.165, 1.54) is 19.3 Å². The van der Waals surface area contributed by atoms with Gasteiger partial charge in [-0.1, -0.05) is 106 Å². The predicted molar refractivity (Wildman–Crippen MR) is 174 cm³/mol. The van der Waals surface area contributed by atoms with E-state index in [4.69, 9.17) is 5.73 Å². The summed E-state index contributed by atoms with van der Waals surface area (Å²) in [4.78, 5) is 12.7. The van der Waals surface area contributed by atoms with Crippen molar-refractivity contribution < 1.29 is 15.0 Å². The van der Waals surface area contributed by atoms with Crippen molar-refractivity contribution in [1.29, 1.82) is 0 Å². The van der Waals surface area contributed by atoms with E-state index in [2.05, 4.69) is 38.1 Å². The first-order valence-corrected chi connectivity index (χ1v) is 15.8. The lowest BCUT2D eigenvalue weighted by molar-refractivity contribution is -0.124. The van der Waals surface area contributed by atoms with Crippen molar-refractivity contribution in [2.24, 2.45) is 17.1 Å². The van der Waals surface area contributed by atoms with Gasteiger partial charge in [-0.2, -0.15) is 0 Å². The summed E-state index contributed by atoms with van der Waals surface area (Å²) in [6.45, 7) is 8.16. The van der Waals surface area contributed by atoms with Crippen LogP contribution >= 0.6 is 0 Å². The Balaban J connectivity index is 1.99. The molecule has 0 aliphatic heterocycles. The van der Waals surface area contributed by atoms with E-state index in [9.17, 15) is 15.0 Å². The smallest absolute Gasteiger partial charge is 0.227 e. The molecule has 0 bridgehead atoms. The van der Waals surface area contributed by atoms with Crippen LogP contribution in [0.4, 0.5) is 0 Å². The Morgan fingerprint density at radius 1 is 0.833 bits per heavy atom. The van der Waals surface area contributed by atoms with Gasteiger partial charge in [-0.25, -0.2) is 0 Å². The Hall–Kier alpha value is -3.53. The molecule has 1 unspecified atom stereocenters. The van der Waals surface area contributed by atoms with E-state index in [0.29, 0.717) is 37.2 Å². The van der Waals surface area contributed by atoms with Gasteiger partial charge >= 0.3 is 0 Å². The molecule has 4 rings (SSSR count). The summed E-state index contributed by atoms with van der Waals surface area (Å²) >= 11 is 0. The van der Waals surface area contributed by atoms with Crippen LogP contribution in [0.5, 0.6) is 11.5 Å². The molecule has 4 heteroatoms. The van der Waals surface area contributed by atoms with Crippen LogP contribution in [-0.4, -0.2) is 16.1 Å². The molecule has 4 nitrogen and oxygen atoms in total. The number of allylic oxidation sites excluding steroid dienone is 1. The largest absolute Gasteiger partial charge is 0.507 e. The van der Waals surface area contributed by atoms with Gasteiger partial charge in [0.25, 0.3) is 0 Å². The molecule has 0 saturated carbocycles. The van der Waals surface area contributed by atoms with Crippen LogP contribution in [0.2, 0.25) is 0 Å². The zero-order valence-corrected chi connectivity index (χ0v) is 26.0. The number of hydrogen-bond acceptors (Lipinski definition) is 3. The summed E-state index contributed by atoms with van der Waals surface area (Å²) in [5.41, 5.74) is 12.4. The molecule has 3 aromatic rings. The number of phenols is 2. The molecular formula is C38H49NO3. The third kappa shape index (κ3) is 7.09. The molecule has 1 aliphatic rings. The number of benzene rings is 3. The van der Waals surface area contributed by atoms with Crippen molar-refractivity contribution >= 4 is 11.5 Å². The number of primary amides is 1. The van der Waals surface area contributed by atoms with Crippen LogP contribution in [0, 0.1) is 11.3 Å². The van der Waals surface area contributed by atoms with Gasteiger partial charge in [0.05, 0.1) is 11.0 Å². The van der Waals surface area contributed by atoms with Crippen molar-refractivity contribution in [3.8, 4) is 11.5 Å². The molecule has 42 heavy (non-hydrogen) atoms. The first kappa shape index (κ1) is 31.4. The summed E-state index contributed by atoms with van der Waals surface area (Å²) in [6, 6.07) is 20.5. The number of unbranched alkanes of at least 4 members (excludes halogenated alkanes) is 4. The number of rotatable bonds is 13. The lowest BCUT2D eigenvalue weighted by Gasteiger charge is -2.35. The van der Waals surface area contributed by atoms with Crippen LogP contribution in [0.25, 0.3) is 5.57 Å². The Bertz CT molecular complexity index is 1320. The normalized spacial score (nSPS) is 15.7. The highest BCUT2D eigenvalue weighted by Gasteiger charge is 2.37. The van der Waals surface area contributed by atoms with E-state index in [1.54, 1.807) is 0 Å². The minimum absolute atomic E-state index is 0.151. The van der Waals surface area contributed by atoms with Gasteiger partial charge < -0.3 is 15.9 Å². The first-order valence-electron chi connectivity index (χ1n) is 15.8. The van der Waals surface area contributed by atoms with Crippen LogP contribution in [0.3, 0.4) is 0 Å². The minimum Gasteiger partial charge on any atom is -0.507 e.